The molecule has 9 heteroatoms. The summed E-state index contributed by atoms with van der Waals surface area (Å²) in [4.78, 5) is 24.0. The zero-order chi connectivity index (χ0) is 23.4. The average molecular weight is 483 g/mol. The van der Waals surface area contributed by atoms with Gasteiger partial charge in [-0.1, -0.05) is 41.7 Å². The highest BCUT2D eigenvalue weighted by molar-refractivity contribution is 7.91. The topological polar surface area (TPSA) is 85.2 Å². The van der Waals surface area contributed by atoms with E-state index in [-0.39, 0.29) is 23.0 Å². The van der Waals surface area contributed by atoms with Gasteiger partial charge >= 0.3 is 0 Å². The molecule has 7 nitrogen and oxygen atoms in total. The van der Waals surface area contributed by atoms with E-state index in [9.17, 15) is 13.2 Å². The van der Waals surface area contributed by atoms with E-state index in [2.05, 4.69) is 11.1 Å². The second-order valence-electron chi connectivity index (χ2n) is 7.95. The summed E-state index contributed by atoms with van der Waals surface area (Å²) >= 11 is 1.48. The molecule has 2 aromatic carbocycles. The molecule has 0 aliphatic rings. The highest BCUT2D eigenvalue weighted by atomic mass is 32.2. The van der Waals surface area contributed by atoms with E-state index in [1.807, 2.05) is 30.7 Å². The van der Waals surface area contributed by atoms with Gasteiger partial charge in [0.05, 0.1) is 27.2 Å². The quantitative estimate of drug-likeness (QED) is 0.353. The average Bonchev–Trinajstić information content (AvgIpc) is 3.49. The molecule has 0 saturated carbocycles. The number of rotatable bonds is 9. The van der Waals surface area contributed by atoms with E-state index in [1.165, 1.54) is 11.3 Å². The minimum atomic E-state index is -3.54. The number of benzene rings is 2. The summed E-state index contributed by atoms with van der Waals surface area (Å²) in [6, 6.07) is 12.3. The first kappa shape index (κ1) is 23.1. The summed E-state index contributed by atoms with van der Waals surface area (Å²) in [5.41, 5.74) is 3.05. The fourth-order valence-electron chi connectivity index (χ4n) is 3.62. The Bertz CT molecular complexity index is 1310. The molecule has 0 aliphatic carbocycles. The molecule has 0 unspecified atom stereocenters. The van der Waals surface area contributed by atoms with Crippen LogP contribution in [0.1, 0.15) is 24.0 Å². The number of aromatic nitrogens is 3. The van der Waals surface area contributed by atoms with Gasteiger partial charge in [0.2, 0.25) is 5.91 Å². The predicted octanol–water partition coefficient (Wildman–Crippen LogP) is 4.40. The number of fused-ring (bicyclic) bond motifs is 1. The monoisotopic (exact) mass is 482 g/mol. The first-order valence-electron chi connectivity index (χ1n) is 10.8. The maximum absolute atomic E-state index is 13.3. The Morgan fingerprint density at radius 3 is 2.55 bits per heavy atom. The van der Waals surface area contributed by atoms with Crippen LogP contribution < -0.4 is 4.90 Å². The van der Waals surface area contributed by atoms with Crippen molar-refractivity contribution in [1.29, 1.82) is 0 Å². The summed E-state index contributed by atoms with van der Waals surface area (Å²) in [5, 5.41) is 0.607. The van der Waals surface area contributed by atoms with Crippen molar-refractivity contribution in [2.75, 3.05) is 17.2 Å². The largest absolute Gasteiger partial charge is 0.337 e. The molecule has 0 atom stereocenters. The van der Waals surface area contributed by atoms with E-state index in [4.69, 9.17) is 4.98 Å². The molecule has 0 radical (unpaired) electrons. The van der Waals surface area contributed by atoms with Gasteiger partial charge in [-0.25, -0.2) is 18.4 Å². The summed E-state index contributed by atoms with van der Waals surface area (Å²) in [6.45, 7) is 5.18. The molecule has 2 heterocycles. The smallest absolute Gasteiger partial charge is 0.229 e. The normalized spacial score (nSPS) is 11.7. The molecule has 0 aliphatic heterocycles. The van der Waals surface area contributed by atoms with Crippen LogP contribution in [0.3, 0.4) is 0 Å². The van der Waals surface area contributed by atoms with Crippen LogP contribution in [-0.4, -0.2) is 41.2 Å². The number of sulfone groups is 1. The maximum Gasteiger partial charge on any atom is 0.229 e. The van der Waals surface area contributed by atoms with Gasteiger partial charge in [-0.15, -0.1) is 0 Å². The minimum Gasteiger partial charge on any atom is -0.337 e. The Morgan fingerprint density at radius 1 is 1.09 bits per heavy atom. The molecular weight excluding hydrogens is 456 g/mol. The van der Waals surface area contributed by atoms with E-state index in [0.717, 1.165) is 21.3 Å². The lowest BCUT2D eigenvalue weighted by atomic mass is 10.1. The number of hydrogen-bond donors (Lipinski definition) is 0. The molecule has 33 heavy (non-hydrogen) atoms. The second-order valence-corrected chi connectivity index (χ2v) is 11.0. The van der Waals surface area contributed by atoms with E-state index in [0.29, 0.717) is 24.6 Å². The molecule has 1 amide bonds. The van der Waals surface area contributed by atoms with Crippen LogP contribution in [-0.2, 0) is 21.2 Å². The van der Waals surface area contributed by atoms with Gasteiger partial charge in [-0.2, -0.15) is 0 Å². The SMILES string of the molecule is Cc1ccc(C)c2sc(N(CCCn3ccnc3)C(=O)CCS(=O)(=O)c3ccccc3)nc12. The van der Waals surface area contributed by atoms with Crippen LogP contribution >= 0.6 is 11.3 Å². The van der Waals surface area contributed by atoms with Crippen molar-refractivity contribution >= 4 is 42.4 Å². The van der Waals surface area contributed by atoms with Gasteiger partial charge in [-0.3, -0.25) is 9.69 Å². The summed E-state index contributed by atoms with van der Waals surface area (Å²) < 4.78 is 28.4. The van der Waals surface area contributed by atoms with Gasteiger partial charge in [0.25, 0.3) is 0 Å². The predicted molar refractivity (Wildman–Crippen MR) is 131 cm³/mol. The molecule has 0 saturated heterocycles. The Balaban J connectivity index is 1.56. The first-order valence-corrected chi connectivity index (χ1v) is 13.2. The van der Waals surface area contributed by atoms with Crippen LogP contribution in [0.4, 0.5) is 5.13 Å². The van der Waals surface area contributed by atoms with Crippen LogP contribution in [0.2, 0.25) is 0 Å². The lowest BCUT2D eigenvalue weighted by Crippen LogP contribution is -2.33. The highest BCUT2D eigenvalue weighted by Gasteiger charge is 2.23. The molecule has 2 aromatic heterocycles. The van der Waals surface area contributed by atoms with Crippen molar-refractivity contribution in [3.63, 3.8) is 0 Å². The van der Waals surface area contributed by atoms with E-state index < -0.39 is 9.84 Å². The molecule has 172 valence electrons. The number of aryl methyl sites for hydroxylation is 3. The van der Waals surface area contributed by atoms with Crippen molar-refractivity contribution in [2.45, 2.75) is 38.1 Å². The molecule has 4 rings (SSSR count). The fraction of sp³-hybridized carbons (Fsp3) is 0.292. The summed E-state index contributed by atoms with van der Waals surface area (Å²) in [6.07, 6.45) is 5.93. The number of imidazole rings is 1. The number of carbonyl (C=O) groups is 1. The highest BCUT2D eigenvalue weighted by Crippen LogP contribution is 2.33. The van der Waals surface area contributed by atoms with Crippen LogP contribution in [0.5, 0.6) is 0 Å². The second kappa shape index (κ2) is 9.84. The van der Waals surface area contributed by atoms with Crippen molar-refractivity contribution < 1.29 is 13.2 Å². The van der Waals surface area contributed by atoms with Crippen LogP contribution in [0.15, 0.2) is 66.1 Å². The van der Waals surface area contributed by atoms with Crippen molar-refractivity contribution in [3.05, 3.63) is 72.3 Å². The molecule has 0 bridgehead atoms. The van der Waals surface area contributed by atoms with Gasteiger partial charge in [0, 0.05) is 31.9 Å². The minimum absolute atomic E-state index is 0.101. The molecule has 0 fully saturated rings. The third-order valence-corrected chi connectivity index (χ3v) is 8.45. The van der Waals surface area contributed by atoms with E-state index in [1.54, 1.807) is 47.8 Å². The Labute approximate surface area is 197 Å². The lowest BCUT2D eigenvalue weighted by molar-refractivity contribution is -0.118. The van der Waals surface area contributed by atoms with Crippen molar-refractivity contribution in [2.24, 2.45) is 0 Å². The number of anilines is 1. The first-order chi connectivity index (χ1) is 15.8. The fourth-order valence-corrected chi connectivity index (χ4v) is 6.03. The van der Waals surface area contributed by atoms with Gasteiger partial charge in [0.1, 0.15) is 0 Å². The lowest BCUT2D eigenvalue weighted by Gasteiger charge is -2.20. The number of amides is 1. The Morgan fingerprint density at radius 2 is 1.85 bits per heavy atom. The standard InChI is InChI=1S/C24H26N4O3S2/c1-18-9-10-19(2)23-22(18)26-24(32-23)28(14-6-13-27-15-12-25-17-27)21(29)11-16-33(30,31)20-7-4-3-5-8-20/h3-5,7-10,12,15,17H,6,11,13-14,16H2,1-2H3. The number of hydrogen-bond acceptors (Lipinski definition) is 6. The molecule has 0 N–H and O–H groups in total. The van der Waals surface area contributed by atoms with Crippen molar-refractivity contribution in [1.82, 2.24) is 14.5 Å². The van der Waals surface area contributed by atoms with Gasteiger partial charge in [-0.05, 0) is 43.5 Å². The number of thiazole rings is 1. The van der Waals surface area contributed by atoms with Crippen LogP contribution in [0.25, 0.3) is 10.2 Å². The van der Waals surface area contributed by atoms with Crippen LogP contribution in [0, 0.1) is 13.8 Å². The third kappa shape index (κ3) is 5.31. The van der Waals surface area contributed by atoms with Crippen molar-refractivity contribution in [3.8, 4) is 0 Å². The zero-order valence-electron chi connectivity index (χ0n) is 18.6. The molecule has 0 spiro atoms. The van der Waals surface area contributed by atoms with E-state index >= 15 is 0 Å². The zero-order valence-corrected chi connectivity index (χ0v) is 20.3. The molecule has 4 aromatic rings. The Kier molecular flexibility index (Phi) is 6.90. The third-order valence-electron chi connectivity index (χ3n) is 5.51. The van der Waals surface area contributed by atoms with Gasteiger partial charge < -0.3 is 4.57 Å². The van der Waals surface area contributed by atoms with Gasteiger partial charge in [0.15, 0.2) is 15.0 Å². The summed E-state index contributed by atoms with van der Waals surface area (Å²) in [5.74, 6) is -0.480. The number of nitrogens with zero attached hydrogens (tertiary/aromatic N) is 4. The Hall–Kier alpha value is -3.04. The number of carbonyl (C=O) groups excluding carboxylic acids is 1. The summed E-state index contributed by atoms with van der Waals surface area (Å²) in [7, 11) is -3.54. The molecular formula is C24H26N4O3S2. The maximum atomic E-state index is 13.3.